The van der Waals surface area contributed by atoms with Crippen LogP contribution in [0.4, 0.5) is 0 Å². The number of nitrogens with two attached hydrogens (primary N) is 1. The molecule has 0 aliphatic carbocycles. The summed E-state index contributed by atoms with van der Waals surface area (Å²) in [7, 11) is 0. The highest BCUT2D eigenvalue weighted by Gasteiger charge is 1.91. The van der Waals surface area contributed by atoms with Gasteiger partial charge in [0.05, 0.1) is 6.61 Å². The molecule has 2 N–H and O–H groups in total. The van der Waals surface area contributed by atoms with Crippen LogP contribution in [0, 0.1) is 0 Å². The Labute approximate surface area is 50.1 Å². The second kappa shape index (κ2) is 4.92. The van der Waals surface area contributed by atoms with Gasteiger partial charge in [0.25, 0.3) is 0 Å². The van der Waals surface area contributed by atoms with Gasteiger partial charge >= 0.3 is 11.4 Å². The molecule has 0 aliphatic rings. The molecule has 0 aliphatic heterocycles. The molecule has 0 bridgehead atoms. The van der Waals surface area contributed by atoms with E-state index in [4.69, 9.17) is 0 Å². The zero-order chi connectivity index (χ0) is 6.41. The zero-order valence-corrected chi connectivity index (χ0v) is 5.02. The van der Waals surface area contributed by atoms with Crippen molar-refractivity contribution >= 4 is 11.4 Å². The van der Waals surface area contributed by atoms with Crippen molar-refractivity contribution in [2.45, 2.75) is 0 Å². The first-order valence-corrected chi connectivity index (χ1v) is 2.84. The van der Waals surface area contributed by atoms with Crippen LogP contribution in [0.25, 0.3) is 0 Å². The molecule has 0 fully saturated rings. The minimum atomic E-state index is -1.82. The lowest BCUT2D eigenvalue weighted by Gasteiger charge is -1.92. The van der Waals surface area contributed by atoms with Crippen molar-refractivity contribution in [3.8, 4) is 0 Å². The summed E-state index contributed by atoms with van der Waals surface area (Å²) in [5, 5.41) is 0. The maximum absolute atomic E-state index is 10.1. The van der Waals surface area contributed by atoms with Crippen LogP contribution in [-0.4, -0.2) is 10.8 Å². The van der Waals surface area contributed by atoms with Gasteiger partial charge in [-0.1, -0.05) is 6.08 Å². The summed E-state index contributed by atoms with van der Waals surface area (Å²) in [4.78, 5) is 0. The first-order valence-electron chi connectivity index (χ1n) is 1.84. The van der Waals surface area contributed by atoms with Crippen molar-refractivity contribution in [2.24, 2.45) is 5.90 Å². The van der Waals surface area contributed by atoms with E-state index in [1.165, 1.54) is 6.08 Å². The van der Waals surface area contributed by atoms with Crippen LogP contribution in [0.15, 0.2) is 12.7 Å². The molecule has 5 heteroatoms. The fourth-order valence-electron chi connectivity index (χ4n) is 0.131. The number of rotatable bonds is 4. The second-order valence-electron chi connectivity index (χ2n) is 0.874. The van der Waals surface area contributed by atoms with Crippen molar-refractivity contribution in [3.63, 3.8) is 0 Å². The standard InChI is InChI=1S/C3H7NO3S/c1-2-3-6-8(5)7-4/h2H,1,3-4H2. The minimum Gasteiger partial charge on any atom is -0.263 e. The average molecular weight is 137 g/mol. The minimum absolute atomic E-state index is 0.170. The Bertz CT molecular complexity index is 94.5. The van der Waals surface area contributed by atoms with Gasteiger partial charge in [0.15, 0.2) is 0 Å². The highest BCUT2D eigenvalue weighted by atomic mass is 32.2. The molecule has 0 rings (SSSR count). The first kappa shape index (κ1) is 7.77. The molecular weight excluding hydrogens is 130 g/mol. The molecule has 0 aromatic carbocycles. The molecule has 0 radical (unpaired) electrons. The van der Waals surface area contributed by atoms with Crippen LogP contribution in [0.3, 0.4) is 0 Å². The fraction of sp³-hybridized carbons (Fsp3) is 0.333. The van der Waals surface area contributed by atoms with E-state index in [-0.39, 0.29) is 6.61 Å². The van der Waals surface area contributed by atoms with Crippen molar-refractivity contribution in [1.82, 2.24) is 0 Å². The topological polar surface area (TPSA) is 61.5 Å². The SMILES string of the molecule is C=CCOS(=O)ON. The van der Waals surface area contributed by atoms with Crippen LogP contribution in [0.1, 0.15) is 0 Å². The number of hydrogen-bond donors (Lipinski definition) is 1. The summed E-state index contributed by atoms with van der Waals surface area (Å²) < 4.78 is 18.2. The Balaban J connectivity index is 3.11. The lowest BCUT2D eigenvalue weighted by molar-refractivity contribution is 0.274. The molecule has 0 amide bonds. The van der Waals surface area contributed by atoms with Crippen molar-refractivity contribution < 1.29 is 12.7 Å². The predicted octanol–water partition coefficient (Wildman–Crippen LogP) is -0.342. The molecule has 0 saturated carbocycles. The van der Waals surface area contributed by atoms with E-state index in [0.29, 0.717) is 0 Å². The molecule has 48 valence electrons. The average Bonchev–Trinajstić information content (AvgIpc) is 1.83. The fourth-order valence-corrected chi connectivity index (χ4v) is 0.394. The molecule has 1 atom stereocenters. The summed E-state index contributed by atoms with van der Waals surface area (Å²) in [6.45, 7) is 3.48. The third kappa shape index (κ3) is 3.94. The molecule has 4 nitrogen and oxygen atoms in total. The van der Waals surface area contributed by atoms with E-state index < -0.39 is 11.4 Å². The maximum atomic E-state index is 10.1. The Morgan fingerprint density at radius 1 is 1.88 bits per heavy atom. The normalized spacial score (nSPS) is 13.1. The van der Waals surface area contributed by atoms with E-state index in [9.17, 15) is 4.21 Å². The highest BCUT2D eigenvalue weighted by Crippen LogP contribution is 1.81. The van der Waals surface area contributed by atoms with Gasteiger partial charge < -0.3 is 0 Å². The molecule has 1 unspecified atom stereocenters. The second-order valence-corrected chi connectivity index (χ2v) is 1.71. The van der Waals surface area contributed by atoms with Crippen molar-refractivity contribution in [3.05, 3.63) is 12.7 Å². The van der Waals surface area contributed by atoms with Gasteiger partial charge in [-0.2, -0.15) is 14.4 Å². The molecule has 0 aromatic rings. The smallest absolute Gasteiger partial charge is 0.263 e. The summed E-state index contributed by atoms with van der Waals surface area (Å²) in [5.41, 5.74) is 0. The zero-order valence-electron chi connectivity index (χ0n) is 4.20. The molecule has 0 heterocycles. The third-order valence-corrected chi connectivity index (χ3v) is 0.846. The Morgan fingerprint density at radius 2 is 2.50 bits per heavy atom. The van der Waals surface area contributed by atoms with Crippen molar-refractivity contribution in [2.75, 3.05) is 6.61 Å². The van der Waals surface area contributed by atoms with E-state index in [1.807, 2.05) is 0 Å². The summed E-state index contributed by atoms with van der Waals surface area (Å²) in [6.07, 6.45) is 1.44. The monoisotopic (exact) mass is 137 g/mol. The van der Waals surface area contributed by atoms with E-state index in [1.54, 1.807) is 0 Å². The van der Waals surface area contributed by atoms with Gasteiger partial charge in [-0.3, -0.25) is 4.18 Å². The quantitative estimate of drug-likeness (QED) is 0.425. The van der Waals surface area contributed by atoms with Gasteiger partial charge in [0.2, 0.25) is 0 Å². The summed E-state index contributed by atoms with van der Waals surface area (Å²) in [5.74, 6) is 4.45. The highest BCUT2D eigenvalue weighted by molar-refractivity contribution is 7.75. The van der Waals surface area contributed by atoms with Crippen molar-refractivity contribution in [1.29, 1.82) is 0 Å². The largest absolute Gasteiger partial charge is 0.322 e. The van der Waals surface area contributed by atoms with E-state index in [2.05, 4.69) is 20.9 Å². The predicted molar refractivity (Wildman–Crippen MR) is 29.6 cm³/mol. The van der Waals surface area contributed by atoms with Gasteiger partial charge in [0, 0.05) is 0 Å². The lowest BCUT2D eigenvalue weighted by Crippen LogP contribution is -2.06. The summed E-state index contributed by atoms with van der Waals surface area (Å²) in [6, 6.07) is 0. The first-order chi connectivity index (χ1) is 3.81. The van der Waals surface area contributed by atoms with Crippen LogP contribution < -0.4 is 5.90 Å². The Hall–Kier alpha value is -0.230. The van der Waals surface area contributed by atoms with Gasteiger partial charge in [-0.05, 0) is 0 Å². The van der Waals surface area contributed by atoms with Crippen LogP contribution in [0.5, 0.6) is 0 Å². The summed E-state index contributed by atoms with van der Waals surface area (Å²) >= 11 is -1.82. The molecule has 8 heavy (non-hydrogen) atoms. The van der Waals surface area contributed by atoms with Crippen LogP contribution in [-0.2, 0) is 19.8 Å². The van der Waals surface area contributed by atoms with Crippen LogP contribution in [0.2, 0.25) is 0 Å². The third-order valence-electron chi connectivity index (χ3n) is 0.361. The maximum Gasteiger partial charge on any atom is 0.322 e. The van der Waals surface area contributed by atoms with Gasteiger partial charge in [-0.25, -0.2) is 0 Å². The lowest BCUT2D eigenvalue weighted by atomic mass is 10.7. The Morgan fingerprint density at radius 3 is 2.88 bits per heavy atom. The van der Waals surface area contributed by atoms with Gasteiger partial charge in [0.1, 0.15) is 0 Å². The van der Waals surface area contributed by atoms with Crippen LogP contribution >= 0.6 is 0 Å². The number of hydrogen-bond acceptors (Lipinski definition) is 4. The van der Waals surface area contributed by atoms with E-state index in [0.717, 1.165) is 0 Å². The molecule has 0 saturated heterocycles. The molecule has 0 aromatic heterocycles. The Kier molecular flexibility index (Phi) is 4.78. The van der Waals surface area contributed by atoms with E-state index >= 15 is 0 Å². The van der Waals surface area contributed by atoms with Gasteiger partial charge in [-0.15, -0.1) is 6.58 Å². The molecular formula is C3H7NO3S. The molecule has 0 spiro atoms.